The fourth-order valence-electron chi connectivity index (χ4n) is 3.34. The fraction of sp³-hybridized carbons (Fsp3) is 0.733. The molecule has 2 aliphatic rings. The highest BCUT2D eigenvalue weighted by Gasteiger charge is 2.55. The van der Waals surface area contributed by atoms with Crippen molar-refractivity contribution in [3.05, 3.63) is 11.8 Å². The Kier molecular flexibility index (Phi) is 3.87. The standard InChI is InChI=1S/C15H23N5O3/c1-10(2)12-17-16-11(23-12)9-20-7-5-15(6-8-20)13(21)18(3)14(22)19(15)4/h10H,5-9H2,1-4H3. The van der Waals surface area contributed by atoms with Gasteiger partial charge in [0, 0.05) is 33.1 Å². The number of carbonyl (C=O) groups is 2. The largest absolute Gasteiger partial charge is 0.424 e. The van der Waals surface area contributed by atoms with Crippen LogP contribution in [0.4, 0.5) is 4.79 Å². The van der Waals surface area contributed by atoms with Crippen LogP contribution >= 0.6 is 0 Å². The summed E-state index contributed by atoms with van der Waals surface area (Å²) in [6.45, 7) is 6.04. The number of likely N-dealkylation sites (tertiary alicyclic amines) is 1. The van der Waals surface area contributed by atoms with Gasteiger partial charge in [0.05, 0.1) is 6.54 Å². The topological polar surface area (TPSA) is 82.8 Å². The second kappa shape index (κ2) is 5.59. The highest BCUT2D eigenvalue weighted by molar-refractivity contribution is 6.06. The van der Waals surface area contributed by atoms with E-state index in [1.807, 2.05) is 13.8 Å². The molecule has 8 nitrogen and oxygen atoms in total. The minimum Gasteiger partial charge on any atom is -0.424 e. The summed E-state index contributed by atoms with van der Waals surface area (Å²) in [6.07, 6.45) is 1.26. The van der Waals surface area contributed by atoms with Gasteiger partial charge in [-0.15, -0.1) is 10.2 Å². The van der Waals surface area contributed by atoms with Gasteiger partial charge in [0.2, 0.25) is 11.8 Å². The number of rotatable bonds is 3. The Balaban J connectivity index is 1.64. The van der Waals surface area contributed by atoms with Crippen LogP contribution in [0.25, 0.3) is 0 Å². The quantitative estimate of drug-likeness (QED) is 0.774. The van der Waals surface area contributed by atoms with Crippen LogP contribution < -0.4 is 0 Å². The Morgan fingerprint density at radius 3 is 2.30 bits per heavy atom. The van der Waals surface area contributed by atoms with Crippen molar-refractivity contribution in [2.45, 2.75) is 44.7 Å². The number of piperidine rings is 1. The van der Waals surface area contributed by atoms with E-state index in [1.165, 1.54) is 4.90 Å². The molecule has 1 spiro atoms. The highest BCUT2D eigenvalue weighted by atomic mass is 16.4. The third-order valence-corrected chi connectivity index (χ3v) is 4.94. The normalized spacial score (nSPS) is 22.0. The van der Waals surface area contributed by atoms with E-state index in [1.54, 1.807) is 19.0 Å². The second-order valence-electron chi connectivity index (χ2n) is 6.70. The molecule has 0 unspecified atom stereocenters. The van der Waals surface area contributed by atoms with E-state index in [0.717, 1.165) is 13.1 Å². The first kappa shape index (κ1) is 15.9. The van der Waals surface area contributed by atoms with Gasteiger partial charge in [-0.1, -0.05) is 13.8 Å². The lowest BCUT2D eigenvalue weighted by Gasteiger charge is -2.40. The number of urea groups is 1. The third-order valence-electron chi connectivity index (χ3n) is 4.94. The average Bonchev–Trinajstić information content (AvgIpc) is 3.06. The second-order valence-corrected chi connectivity index (χ2v) is 6.70. The molecule has 8 heteroatoms. The van der Waals surface area contributed by atoms with Crippen LogP contribution in [0.1, 0.15) is 44.4 Å². The van der Waals surface area contributed by atoms with Crippen molar-refractivity contribution in [3.8, 4) is 0 Å². The van der Waals surface area contributed by atoms with Crippen molar-refractivity contribution >= 4 is 11.9 Å². The monoisotopic (exact) mass is 321 g/mol. The maximum absolute atomic E-state index is 12.5. The van der Waals surface area contributed by atoms with Gasteiger partial charge in [-0.3, -0.25) is 14.6 Å². The lowest BCUT2D eigenvalue weighted by Crippen LogP contribution is -2.55. The van der Waals surface area contributed by atoms with Gasteiger partial charge in [-0.25, -0.2) is 4.79 Å². The molecule has 0 radical (unpaired) electrons. The molecule has 2 saturated heterocycles. The van der Waals surface area contributed by atoms with Crippen LogP contribution in [0, 0.1) is 0 Å². The minimum absolute atomic E-state index is 0.0930. The van der Waals surface area contributed by atoms with Gasteiger partial charge in [0.1, 0.15) is 5.54 Å². The molecule has 0 bridgehead atoms. The van der Waals surface area contributed by atoms with E-state index in [4.69, 9.17) is 4.42 Å². The molecule has 1 aromatic heterocycles. The van der Waals surface area contributed by atoms with Gasteiger partial charge in [-0.05, 0) is 12.8 Å². The molecule has 2 fully saturated rings. The summed E-state index contributed by atoms with van der Waals surface area (Å²) in [5.74, 6) is 1.37. The molecule has 2 aliphatic heterocycles. The molecule has 0 saturated carbocycles. The first-order valence-electron chi connectivity index (χ1n) is 7.96. The molecule has 3 heterocycles. The van der Waals surface area contributed by atoms with E-state index in [2.05, 4.69) is 15.1 Å². The minimum atomic E-state index is -0.680. The number of amides is 3. The number of carbonyl (C=O) groups excluding carboxylic acids is 2. The maximum Gasteiger partial charge on any atom is 0.327 e. The Morgan fingerprint density at radius 1 is 1.17 bits per heavy atom. The van der Waals surface area contributed by atoms with E-state index < -0.39 is 5.54 Å². The van der Waals surface area contributed by atoms with Crippen molar-refractivity contribution in [2.24, 2.45) is 0 Å². The van der Waals surface area contributed by atoms with Crippen LogP contribution in [-0.2, 0) is 11.3 Å². The summed E-state index contributed by atoms with van der Waals surface area (Å²) >= 11 is 0. The highest BCUT2D eigenvalue weighted by Crippen LogP contribution is 2.35. The summed E-state index contributed by atoms with van der Waals surface area (Å²) in [7, 11) is 3.26. The van der Waals surface area contributed by atoms with Crippen molar-refractivity contribution in [2.75, 3.05) is 27.2 Å². The maximum atomic E-state index is 12.5. The number of nitrogens with zero attached hydrogens (tertiary/aromatic N) is 5. The van der Waals surface area contributed by atoms with Crippen molar-refractivity contribution < 1.29 is 14.0 Å². The van der Waals surface area contributed by atoms with Crippen LogP contribution in [0.3, 0.4) is 0 Å². The fourth-order valence-corrected chi connectivity index (χ4v) is 3.34. The van der Waals surface area contributed by atoms with Crippen LogP contribution in [0.5, 0.6) is 0 Å². The molecule has 1 aromatic rings. The van der Waals surface area contributed by atoms with E-state index >= 15 is 0 Å². The van der Waals surface area contributed by atoms with Crippen LogP contribution in [0.2, 0.25) is 0 Å². The van der Waals surface area contributed by atoms with Gasteiger partial charge in [0.25, 0.3) is 5.91 Å². The summed E-state index contributed by atoms with van der Waals surface area (Å²) in [5, 5.41) is 8.12. The summed E-state index contributed by atoms with van der Waals surface area (Å²) < 4.78 is 5.64. The van der Waals surface area contributed by atoms with E-state index in [0.29, 0.717) is 31.2 Å². The smallest absolute Gasteiger partial charge is 0.327 e. The van der Waals surface area contributed by atoms with E-state index in [9.17, 15) is 9.59 Å². The number of hydrogen-bond acceptors (Lipinski definition) is 6. The van der Waals surface area contributed by atoms with Crippen LogP contribution in [-0.4, -0.2) is 69.6 Å². The van der Waals surface area contributed by atoms with Gasteiger partial charge in [0.15, 0.2) is 0 Å². The van der Waals surface area contributed by atoms with Gasteiger partial charge >= 0.3 is 6.03 Å². The SMILES string of the molecule is CC(C)c1nnc(CN2CCC3(CC2)C(=O)N(C)C(=O)N3C)o1. The molecule has 3 amide bonds. The lowest BCUT2D eigenvalue weighted by molar-refractivity contribution is -0.134. The molecule has 0 aliphatic carbocycles. The molecule has 126 valence electrons. The number of hydrogen-bond donors (Lipinski definition) is 0. The zero-order valence-corrected chi connectivity index (χ0v) is 14.1. The molecular formula is C15H23N5O3. The lowest BCUT2D eigenvalue weighted by atomic mass is 9.86. The molecule has 3 rings (SSSR count). The van der Waals surface area contributed by atoms with Crippen molar-refractivity contribution in [1.29, 1.82) is 0 Å². The first-order chi connectivity index (χ1) is 10.8. The number of aromatic nitrogens is 2. The van der Waals surface area contributed by atoms with E-state index in [-0.39, 0.29) is 17.9 Å². The Bertz CT molecular complexity index is 618. The summed E-state index contributed by atoms with van der Waals surface area (Å²) in [4.78, 5) is 29.5. The molecule has 0 N–H and O–H groups in total. The van der Waals surface area contributed by atoms with Crippen molar-refractivity contribution in [1.82, 2.24) is 24.9 Å². The molecule has 0 atom stereocenters. The third kappa shape index (κ3) is 2.50. The molecule has 0 aromatic carbocycles. The Labute approximate surface area is 135 Å². The molecule has 23 heavy (non-hydrogen) atoms. The van der Waals surface area contributed by atoms with Crippen LogP contribution in [0.15, 0.2) is 4.42 Å². The van der Waals surface area contributed by atoms with Crippen molar-refractivity contribution in [3.63, 3.8) is 0 Å². The zero-order chi connectivity index (χ0) is 16.8. The summed E-state index contributed by atoms with van der Waals surface area (Å²) in [5.41, 5.74) is -0.680. The molecular weight excluding hydrogens is 298 g/mol. The predicted molar refractivity (Wildman–Crippen MR) is 81.6 cm³/mol. The van der Waals surface area contributed by atoms with Gasteiger partial charge < -0.3 is 9.32 Å². The number of likely N-dealkylation sites (N-methyl/N-ethyl adjacent to an activating group) is 2. The first-order valence-corrected chi connectivity index (χ1v) is 7.96. The van der Waals surface area contributed by atoms with Gasteiger partial charge in [-0.2, -0.15) is 0 Å². The zero-order valence-electron chi connectivity index (χ0n) is 14.1. The number of imide groups is 1. The summed E-state index contributed by atoms with van der Waals surface area (Å²) in [6, 6.07) is -0.220. The predicted octanol–water partition coefficient (Wildman–Crippen LogP) is 1.05. The Hall–Kier alpha value is -1.96. The Morgan fingerprint density at radius 2 is 1.83 bits per heavy atom. The average molecular weight is 321 g/mol.